The zero-order valence-corrected chi connectivity index (χ0v) is 10.6. The normalized spacial score (nSPS) is 10.9. The lowest BCUT2D eigenvalue weighted by atomic mass is 9.99. The smallest absolute Gasteiger partial charge is 0.341 e. The quantitative estimate of drug-likeness (QED) is 0.899. The molecule has 1 heterocycles. The lowest BCUT2D eigenvalue weighted by Gasteiger charge is -2.05. The van der Waals surface area contributed by atoms with Gasteiger partial charge in [0.25, 0.3) is 0 Å². The predicted molar refractivity (Wildman–Crippen MR) is 67.7 cm³/mol. The highest BCUT2D eigenvalue weighted by molar-refractivity contribution is 5.95. The van der Waals surface area contributed by atoms with Gasteiger partial charge in [-0.25, -0.2) is 4.79 Å². The van der Waals surface area contributed by atoms with Gasteiger partial charge in [0.2, 0.25) is 0 Å². The third kappa shape index (κ3) is 2.14. The number of carboxylic acid groups (broad SMARTS) is 1. The van der Waals surface area contributed by atoms with Gasteiger partial charge in [-0.3, -0.25) is 0 Å². The van der Waals surface area contributed by atoms with Crippen molar-refractivity contribution in [3.05, 3.63) is 41.2 Å². The van der Waals surface area contributed by atoms with Gasteiger partial charge in [0.15, 0.2) is 0 Å². The molecule has 1 aromatic heterocycles. The van der Waals surface area contributed by atoms with E-state index in [1.165, 1.54) is 5.56 Å². The molecule has 2 rings (SSSR count). The topological polar surface area (TPSA) is 63.3 Å². The summed E-state index contributed by atoms with van der Waals surface area (Å²) < 4.78 is 4.96. The summed E-state index contributed by atoms with van der Waals surface area (Å²) in [4.78, 5) is 11.2. The molecule has 1 N–H and O–H groups in total. The fourth-order valence-electron chi connectivity index (χ4n) is 1.85. The molecule has 0 saturated carbocycles. The monoisotopic (exact) mass is 245 g/mol. The van der Waals surface area contributed by atoms with E-state index in [4.69, 9.17) is 9.63 Å². The van der Waals surface area contributed by atoms with E-state index in [1.54, 1.807) is 6.92 Å². The van der Waals surface area contributed by atoms with Gasteiger partial charge in [-0.15, -0.1) is 0 Å². The standard InChI is InChI=1S/C14H15NO3/c1-8(2)10-4-6-11(7-5-10)13-12(14(16)17)9(3)18-15-13/h4-8H,1-3H3,(H,16,17). The van der Waals surface area contributed by atoms with Gasteiger partial charge in [-0.2, -0.15) is 0 Å². The van der Waals surface area contributed by atoms with Crippen LogP contribution in [0, 0.1) is 6.92 Å². The summed E-state index contributed by atoms with van der Waals surface area (Å²) in [5.41, 5.74) is 2.48. The molecule has 0 aliphatic heterocycles. The van der Waals surface area contributed by atoms with E-state index < -0.39 is 5.97 Å². The summed E-state index contributed by atoms with van der Waals surface area (Å²) in [6.45, 7) is 5.82. The first kappa shape index (κ1) is 12.4. The Morgan fingerprint density at radius 3 is 2.39 bits per heavy atom. The summed E-state index contributed by atoms with van der Waals surface area (Å²) in [7, 11) is 0. The summed E-state index contributed by atoms with van der Waals surface area (Å²) >= 11 is 0. The molecule has 0 unspecified atom stereocenters. The number of aryl methyl sites for hydroxylation is 1. The average Bonchev–Trinajstić information content (AvgIpc) is 2.71. The fourth-order valence-corrected chi connectivity index (χ4v) is 1.85. The van der Waals surface area contributed by atoms with Crippen LogP contribution >= 0.6 is 0 Å². The minimum Gasteiger partial charge on any atom is -0.477 e. The minimum absolute atomic E-state index is 0.132. The Hall–Kier alpha value is -2.10. The first-order valence-corrected chi connectivity index (χ1v) is 5.80. The molecule has 2 aromatic rings. The fraction of sp³-hybridized carbons (Fsp3) is 0.286. The van der Waals surface area contributed by atoms with Crippen LogP contribution < -0.4 is 0 Å². The molecule has 4 nitrogen and oxygen atoms in total. The summed E-state index contributed by atoms with van der Waals surface area (Å²) in [6.07, 6.45) is 0. The molecule has 18 heavy (non-hydrogen) atoms. The number of carbonyl (C=O) groups is 1. The molecule has 0 radical (unpaired) electrons. The van der Waals surface area contributed by atoms with Gasteiger partial charge in [0.1, 0.15) is 17.0 Å². The maximum Gasteiger partial charge on any atom is 0.341 e. The van der Waals surface area contributed by atoms with Crippen LogP contribution in [0.1, 0.15) is 41.4 Å². The molecule has 1 aromatic carbocycles. The van der Waals surface area contributed by atoms with E-state index in [2.05, 4.69) is 19.0 Å². The molecule has 4 heteroatoms. The maximum absolute atomic E-state index is 11.2. The molecule has 0 saturated heterocycles. The van der Waals surface area contributed by atoms with Gasteiger partial charge in [0.05, 0.1) is 0 Å². The third-order valence-electron chi connectivity index (χ3n) is 2.93. The molecular formula is C14H15NO3. The molecule has 0 aliphatic rings. The highest BCUT2D eigenvalue weighted by atomic mass is 16.5. The average molecular weight is 245 g/mol. The summed E-state index contributed by atoms with van der Waals surface area (Å²) in [5.74, 6) is -0.251. The number of hydrogen-bond donors (Lipinski definition) is 1. The lowest BCUT2D eigenvalue weighted by Crippen LogP contribution is -1.99. The van der Waals surface area contributed by atoms with Crippen molar-refractivity contribution in [2.45, 2.75) is 26.7 Å². The second kappa shape index (κ2) is 4.64. The number of carboxylic acids is 1. The van der Waals surface area contributed by atoms with Crippen LogP contribution in [0.2, 0.25) is 0 Å². The zero-order valence-electron chi connectivity index (χ0n) is 10.6. The maximum atomic E-state index is 11.2. The Morgan fingerprint density at radius 2 is 1.89 bits per heavy atom. The van der Waals surface area contributed by atoms with E-state index in [-0.39, 0.29) is 5.56 Å². The Kier molecular flexibility index (Phi) is 3.19. The number of nitrogens with zero attached hydrogens (tertiary/aromatic N) is 1. The Morgan fingerprint density at radius 1 is 1.28 bits per heavy atom. The van der Waals surface area contributed by atoms with Gasteiger partial charge in [-0.05, 0) is 18.4 Å². The molecule has 94 valence electrons. The van der Waals surface area contributed by atoms with E-state index in [9.17, 15) is 4.79 Å². The Balaban J connectivity index is 2.46. The van der Waals surface area contributed by atoms with Crippen molar-refractivity contribution < 1.29 is 14.4 Å². The van der Waals surface area contributed by atoms with Crippen molar-refractivity contribution >= 4 is 5.97 Å². The van der Waals surface area contributed by atoms with E-state index in [0.29, 0.717) is 17.4 Å². The van der Waals surface area contributed by atoms with Gasteiger partial charge in [0, 0.05) is 5.56 Å². The summed E-state index contributed by atoms with van der Waals surface area (Å²) in [6, 6.07) is 7.71. The van der Waals surface area contributed by atoms with Crippen molar-refractivity contribution in [2.24, 2.45) is 0 Å². The van der Waals surface area contributed by atoms with Crippen molar-refractivity contribution in [1.29, 1.82) is 0 Å². The zero-order chi connectivity index (χ0) is 13.3. The molecule has 0 aliphatic carbocycles. The van der Waals surface area contributed by atoms with Gasteiger partial charge >= 0.3 is 5.97 Å². The Labute approximate surface area is 105 Å². The highest BCUT2D eigenvalue weighted by Crippen LogP contribution is 2.26. The van der Waals surface area contributed by atoms with Crippen molar-refractivity contribution in [1.82, 2.24) is 5.16 Å². The number of rotatable bonds is 3. The van der Waals surface area contributed by atoms with E-state index in [0.717, 1.165) is 5.56 Å². The number of hydrogen-bond acceptors (Lipinski definition) is 3. The van der Waals surface area contributed by atoms with Crippen LogP contribution in [0.25, 0.3) is 11.3 Å². The number of aromatic nitrogens is 1. The molecule has 0 bridgehead atoms. The predicted octanol–water partition coefficient (Wildman–Crippen LogP) is 3.47. The van der Waals surface area contributed by atoms with Crippen LogP contribution in [0.3, 0.4) is 0 Å². The summed E-state index contributed by atoms with van der Waals surface area (Å²) in [5, 5.41) is 13.0. The second-order valence-electron chi connectivity index (χ2n) is 4.54. The molecular weight excluding hydrogens is 230 g/mol. The van der Waals surface area contributed by atoms with E-state index in [1.807, 2.05) is 24.3 Å². The molecule has 0 fully saturated rings. The van der Waals surface area contributed by atoms with E-state index >= 15 is 0 Å². The first-order chi connectivity index (χ1) is 8.50. The first-order valence-electron chi connectivity index (χ1n) is 5.80. The second-order valence-corrected chi connectivity index (χ2v) is 4.54. The molecule has 0 spiro atoms. The largest absolute Gasteiger partial charge is 0.477 e. The number of aromatic carboxylic acids is 1. The highest BCUT2D eigenvalue weighted by Gasteiger charge is 2.20. The lowest BCUT2D eigenvalue weighted by molar-refractivity contribution is 0.0696. The van der Waals surface area contributed by atoms with Crippen LogP contribution in [0.4, 0.5) is 0 Å². The van der Waals surface area contributed by atoms with Gasteiger partial charge < -0.3 is 9.63 Å². The molecule has 0 atom stereocenters. The van der Waals surface area contributed by atoms with Crippen LogP contribution in [-0.2, 0) is 0 Å². The van der Waals surface area contributed by atoms with Crippen molar-refractivity contribution in [3.63, 3.8) is 0 Å². The number of benzene rings is 1. The van der Waals surface area contributed by atoms with Crippen molar-refractivity contribution in [2.75, 3.05) is 0 Å². The van der Waals surface area contributed by atoms with Crippen molar-refractivity contribution in [3.8, 4) is 11.3 Å². The minimum atomic E-state index is -1.02. The SMILES string of the molecule is Cc1onc(-c2ccc(C(C)C)cc2)c1C(=O)O. The molecule has 0 amide bonds. The van der Waals surface area contributed by atoms with Crippen LogP contribution in [-0.4, -0.2) is 16.2 Å². The van der Waals surface area contributed by atoms with Crippen LogP contribution in [0.15, 0.2) is 28.8 Å². The van der Waals surface area contributed by atoms with Gasteiger partial charge in [-0.1, -0.05) is 43.3 Å². The third-order valence-corrected chi connectivity index (χ3v) is 2.93. The Bertz CT molecular complexity index is 567. The van der Waals surface area contributed by atoms with Crippen LogP contribution in [0.5, 0.6) is 0 Å².